The number of nitrogens with zero attached hydrogens (tertiary/aromatic N) is 12. The number of aliphatic hydroxyl groups is 1. The first-order valence-electron chi connectivity index (χ1n) is 34.2. The van der Waals surface area contributed by atoms with E-state index >= 15 is 0 Å². The van der Waals surface area contributed by atoms with Crippen LogP contribution in [0.4, 0.5) is 65.1 Å². The standard InChI is InChI=1S/C27H23FN4O4.C27H23FN4O3.C16H17FN4O2.C11H8O2.3CH4/c1-3-32-24-20(26(33)31(2)21-9-11-23(28)30-25(21)32)14-16(15-29-24)12-13-36-22-10-8-19(27(34)35)17-6-4-5-7-18(17)22;1-3-32-25-21(27(34)31(2)22-9-11-24(28)30-26(22)32)14-17(15-29-25)12-13-35-23-10-8-18(16-33)19-6-4-5-7-20(19)23;1-3-21-14-11(8-10(6-7-22)9-18-14)16(23)20(2)12-4-5-13(17)19-15(12)21;12-7-8-5-6-11(13)10-4-2-1-3-9(8)10;;;/h4-11,14-15H,3,12-13H2,1-2H3,(H,34,35);4-11,14-16H,3,12-13H2,1-2H3;4-5,8-9,22H,3,6-7H2,1-2H3;1-7,13H;3*1H4. The number of halogens is 3. The average molecular weight is 1490 g/mol. The van der Waals surface area contributed by atoms with E-state index in [1.54, 1.807) is 127 Å². The summed E-state index contributed by atoms with van der Waals surface area (Å²) in [6, 6.07) is 45.6. The first-order chi connectivity index (χ1) is 51.8. The summed E-state index contributed by atoms with van der Waals surface area (Å²) in [5.74, 6) is 0.261. The molecule has 0 unspecified atom stereocenters. The van der Waals surface area contributed by atoms with Crippen molar-refractivity contribution in [3.05, 3.63) is 250 Å². The summed E-state index contributed by atoms with van der Waals surface area (Å²) in [7, 11) is 4.90. The summed E-state index contributed by atoms with van der Waals surface area (Å²) in [5.41, 5.74) is 6.62. The molecule has 0 spiro atoms. The normalized spacial score (nSPS) is 12.3. The first kappa shape index (κ1) is 80.9. The van der Waals surface area contributed by atoms with E-state index in [9.17, 15) is 52.2 Å². The highest BCUT2D eigenvalue weighted by Crippen LogP contribution is 2.42. The summed E-state index contributed by atoms with van der Waals surface area (Å²) in [6.45, 7) is 7.73. The fourth-order valence-corrected chi connectivity index (χ4v) is 12.9. The van der Waals surface area contributed by atoms with Gasteiger partial charge in [0.1, 0.15) is 34.7 Å². The maximum Gasteiger partial charge on any atom is 0.336 e. The molecular weight excluding hydrogens is 1410 g/mol. The number of hydrogen-bond donors (Lipinski definition) is 3. The van der Waals surface area contributed by atoms with E-state index in [0.29, 0.717) is 160 Å². The van der Waals surface area contributed by atoms with Gasteiger partial charge in [0.2, 0.25) is 17.8 Å². The van der Waals surface area contributed by atoms with Gasteiger partial charge in [0.05, 0.1) is 52.5 Å². The highest BCUT2D eigenvalue weighted by atomic mass is 19.1. The molecule has 0 atom stereocenters. The monoisotopic (exact) mass is 1490 g/mol. The van der Waals surface area contributed by atoms with Gasteiger partial charge in [-0.15, -0.1) is 0 Å². The zero-order chi connectivity index (χ0) is 75.7. The van der Waals surface area contributed by atoms with Crippen molar-refractivity contribution in [1.29, 1.82) is 0 Å². The Kier molecular flexibility index (Phi) is 26.1. The Morgan fingerprint density at radius 2 is 0.773 bits per heavy atom. The number of carboxylic acids is 1. The van der Waals surface area contributed by atoms with Gasteiger partial charge >= 0.3 is 5.97 Å². The summed E-state index contributed by atoms with van der Waals surface area (Å²) >= 11 is 0. The van der Waals surface area contributed by atoms with Gasteiger partial charge in [-0.3, -0.25) is 24.0 Å². The van der Waals surface area contributed by atoms with E-state index < -0.39 is 23.8 Å². The molecule has 12 aromatic rings. The highest BCUT2D eigenvalue weighted by Gasteiger charge is 2.35. The molecule has 110 heavy (non-hydrogen) atoms. The minimum absolute atomic E-state index is 0. The van der Waals surface area contributed by atoms with Gasteiger partial charge in [-0.25, -0.2) is 19.7 Å². The summed E-state index contributed by atoms with van der Waals surface area (Å²) in [5, 5.41) is 32.5. The van der Waals surface area contributed by atoms with Crippen molar-refractivity contribution >= 4 is 121 Å². The predicted molar refractivity (Wildman–Crippen MR) is 422 cm³/mol. The molecular formula is C84H83F3N12O11. The third-order valence-corrected chi connectivity index (χ3v) is 18.3. The maximum atomic E-state index is 13.9. The van der Waals surface area contributed by atoms with Crippen LogP contribution in [0.3, 0.4) is 0 Å². The van der Waals surface area contributed by atoms with Crippen molar-refractivity contribution in [3.8, 4) is 17.2 Å². The third-order valence-electron chi connectivity index (χ3n) is 18.3. The number of aliphatic hydroxyl groups excluding tert-OH is 1. The third kappa shape index (κ3) is 16.3. The van der Waals surface area contributed by atoms with E-state index in [1.165, 1.54) is 45.0 Å². The predicted octanol–water partition coefficient (Wildman–Crippen LogP) is 16.0. The Balaban J connectivity index is 0.000000176. The number of aromatic carboxylic acids is 1. The number of benzene rings is 6. The fraction of sp³-hybridized carbons (Fsp3) is 0.214. The highest BCUT2D eigenvalue weighted by molar-refractivity contribution is 6.15. The number of ether oxygens (including phenoxy) is 2. The summed E-state index contributed by atoms with van der Waals surface area (Å²) < 4.78 is 53.5. The van der Waals surface area contributed by atoms with E-state index in [2.05, 4.69) is 29.9 Å². The van der Waals surface area contributed by atoms with Crippen LogP contribution in [0.2, 0.25) is 0 Å². The lowest BCUT2D eigenvalue weighted by molar-refractivity contribution is 0.0697. The molecule has 566 valence electrons. The molecule has 0 saturated carbocycles. The van der Waals surface area contributed by atoms with E-state index in [4.69, 9.17) is 14.6 Å². The van der Waals surface area contributed by atoms with Crippen LogP contribution >= 0.6 is 0 Å². The van der Waals surface area contributed by atoms with E-state index in [1.807, 2.05) is 81.4 Å². The molecule has 0 radical (unpaired) electrons. The second-order valence-electron chi connectivity index (χ2n) is 24.7. The van der Waals surface area contributed by atoms with Crippen molar-refractivity contribution in [1.82, 2.24) is 29.9 Å². The Bertz CT molecular complexity index is 5460. The number of rotatable bonds is 16. The van der Waals surface area contributed by atoms with Crippen LogP contribution in [-0.2, 0) is 19.3 Å². The van der Waals surface area contributed by atoms with Crippen LogP contribution in [0, 0.1) is 17.8 Å². The van der Waals surface area contributed by atoms with Gasteiger partial charge < -0.3 is 54.2 Å². The van der Waals surface area contributed by atoms with E-state index in [-0.39, 0.29) is 57.9 Å². The topological polar surface area (TPSA) is 278 Å². The van der Waals surface area contributed by atoms with Gasteiger partial charge in [-0.05, 0) is 151 Å². The SMILES string of the molecule is C.C.C.CCN1c2ncc(CCO)cc2C(=O)N(C)c2ccc(F)nc21.CCN1c2ncc(CCOc3ccc(C(=O)O)c4ccccc34)cc2C(=O)N(C)c2ccc(F)nc21.CCN1c2ncc(CCOc3ccc(C=O)c4ccccc34)cc2C(=O)N(C)c2ccc(F)nc21.O=Cc1ccc(O)c2ccccc12. The number of pyridine rings is 6. The largest absolute Gasteiger partial charge is 0.507 e. The average Bonchev–Trinajstić information content (AvgIpc) is 1.64. The lowest BCUT2D eigenvalue weighted by atomic mass is 10.0. The molecule has 3 aliphatic heterocycles. The zero-order valence-corrected chi connectivity index (χ0v) is 58.9. The van der Waals surface area contributed by atoms with Crippen LogP contribution in [0.1, 0.15) is 122 Å². The lowest BCUT2D eigenvalue weighted by Crippen LogP contribution is -2.25. The number of phenolic OH excluding ortho intramolecular Hbond substituents is 1. The molecule has 9 heterocycles. The second kappa shape index (κ2) is 35.4. The van der Waals surface area contributed by atoms with Crippen LogP contribution < -0.4 is 38.9 Å². The summed E-state index contributed by atoms with van der Waals surface area (Å²) in [6.07, 6.45) is 8.04. The number of amides is 3. The quantitative estimate of drug-likeness (QED) is 0.0599. The Hall–Kier alpha value is -13.2. The van der Waals surface area contributed by atoms with Gasteiger partial charge in [0, 0.05) is 106 Å². The van der Waals surface area contributed by atoms with Gasteiger partial charge in [-0.2, -0.15) is 28.1 Å². The number of fused-ring (bicyclic) bond motifs is 9. The fourth-order valence-electron chi connectivity index (χ4n) is 12.9. The molecule has 3 amide bonds. The maximum absolute atomic E-state index is 13.9. The molecule has 3 N–H and O–H groups in total. The number of carbonyl (C=O) groups excluding carboxylic acids is 5. The second-order valence-corrected chi connectivity index (χ2v) is 24.7. The number of aromatic nitrogens is 6. The number of aromatic hydroxyl groups is 1. The number of anilines is 9. The lowest BCUT2D eigenvalue weighted by Gasteiger charge is -2.22. The molecule has 0 aliphatic carbocycles. The number of carboxylic acid groups (broad SMARTS) is 1. The van der Waals surface area contributed by atoms with Gasteiger partial charge in [0.15, 0.2) is 30.0 Å². The van der Waals surface area contributed by atoms with Crippen molar-refractivity contribution < 1.29 is 66.7 Å². The molecule has 6 aromatic carbocycles. The number of phenols is 1. The van der Waals surface area contributed by atoms with Crippen LogP contribution in [0.5, 0.6) is 17.2 Å². The number of hydrogen-bond acceptors (Lipinski definition) is 19. The van der Waals surface area contributed by atoms with E-state index in [0.717, 1.165) is 45.4 Å². The van der Waals surface area contributed by atoms with Crippen molar-refractivity contribution in [3.63, 3.8) is 0 Å². The molecule has 0 fully saturated rings. The Morgan fingerprint density at radius 3 is 1.15 bits per heavy atom. The number of aldehydes is 2. The zero-order valence-electron chi connectivity index (χ0n) is 58.9. The minimum atomic E-state index is -0.996. The molecule has 0 bridgehead atoms. The van der Waals surface area contributed by atoms with Gasteiger partial charge in [0.25, 0.3) is 17.7 Å². The molecule has 15 rings (SSSR count). The Labute approximate surface area is 634 Å². The van der Waals surface area contributed by atoms with Crippen molar-refractivity contribution in [2.75, 3.05) is 90.0 Å². The number of carbonyl (C=O) groups is 6. The smallest absolute Gasteiger partial charge is 0.336 e. The molecule has 0 saturated heterocycles. The molecule has 26 heteroatoms. The molecule has 23 nitrogen and oxygen atoms in total. The van der Waals surface area contributed by atoms with Crippen LogP contribution in [0.25, 0.3) is 32.3 Å². The molecule has 3 aliphatic rings. The van der Waals surface area contributed by atoms with Crippen molar-refractivity contribution in [2.24, 2.45) is 0 Å². The van der Waals surface area contributed by atoms with Crippen LogP contribution in [0.15, 0.2) is 182 Å². The summed E-state index contributed by atoms with van der Waals surface area (Å²) in [4.78, 5) is 108. The molecule has 6 aromatic heterocycles. The minimum Gasteiger partial charge on any atom is -0.507 e. The van der Waals surface area contributed by atoms with Crippen molar-refractivity contribution in [2.45, 2.75) is 62.3 Å². The Morgan fingerprint density at radius 1 is 0.436 bits per heavy atom. The van der Waals surface area contributed by atoms with Gasteiger partial charge in [-0.1, -0.05) is 95.1 Å². The first-order valence-corrected chi connectivity index (χ1v) is 34.2. The van der Waals surface area contributed by atoms with Crippen LogP contribution in [-0.4, -0.2) is 142 Å².